The third-order valence-electron chi connectivity index (χ3n) is 5.48. The summed E-state index contributed by atoms with van der Waals surface area (Å²) < 4.78 is 0. The summed E-state index contributed by atoms with van der Waals surface area (Å²) in [6, 6.07) is 14.7. The Labute approximate surface area is 164 Å². The molecule has 1 aliphatic rings. The maximum atomic E-state index is 13.2. The number of aliphatic hydroxyl groups is 1. The summed E-state index contributed by atoms with van der Waals surface area (Å²) >= 11 is 0. The summed E-state index contributed by atoms with van der Waals surface area (Å²) in [5, 5.41) is 12.2. The molecule has 0 aliphatic carbocycles. The largest absolute Gasteiger partial charge is 0.375 e. The monoisotopic (exact) mass is 376 g/mol. The number of rotatable bonds is 6. The number of carbonyl (C=O) groups excluding carboxylic acids is 2. The minimum atomic E-state index is -1.83. The fourth-order valence-electron chi connectivity index (χ4n) is 3.92. The van der Waals surface area contributed by atoms with Crippen LogP contribution in [0.3, 0.4) is 0 Å². The van der Waals surface area contributed by atoms with Gasteiger partial charge in [-0.3, -0.25) is 9.59 Å². The highest BCUT2D eigenvalue weighted by molar-refractivity contribution is 6.13. The van der Waals surface area contributed by atoms with Crippen molar-refractivity contribution in [3.05, 3.63) is 65.9 Å². The number of aromatic nitrogens is 1. The molecule has 1 amide bonds. The van der Waals surface area contributed by atoms with E-state index in [1.165, 1.54) is 0 Å². The van der Waals surface area contributed by atoms with Gasteiger partial charge in [0.05, 0.1) is 12.1 Å². The number of fused-ring (bicyclic) bond motifs is 2. The average molecular weight is 376 g/mol. The zero-order valence-corrected chi connectivity index (χ0v) is 16.1. The van der Waals surface area contributed by atoms with Crippen molar-refractivity contribution in [1.29, 1.82) is 0 Å². The van der Waals surface area contributed by atoms with Crippen LogP contribution in [-0.2, 0) is 10.4 Å². The Bertz CT molecular complexity index is 1050. The molecule has 2 N–H and O–H groups in total. The maximum absolute atomic E-state index is 13.2. The molecule has 0 saturated heterocycles. The highest BCUT2D eigenvalue weighted by Gasteiger charge is 2.50. The lowest BCUT2D eigenvalue weighted by Gasteiger charge is -2.23. The summed E-state index contributed by atoms with van der Waals surface area (Å²) in [6.07, 6.45) is 2.20. The Hall–Kier alpha value is -2.92. The van der Waals surface area contributed by atoms with Gasteiger partial charge in [0.15, 0.2) is 11.4 Å². The van der Waals surface area contributed by atoms with Crippen LogP contribution in [0.4, 0.5) is 5.69 Å². The number of ketones is 1. The second-order valence-electron chi connectivity index (χ2n) is 7.86. The minimum Gasteiger partial charge on any atom is -0.375 e. The molecule has 28 heavy (non-hydrogen) atoms. The molecule has 1 unspecified atom stereocenters. The number of carbonyl (C=O) groups is 2. The van der Waals surface area contributed by atoms with E-state index in [9.17, 15) is 14.7 Å². The van der Waals surface area contributed by atoms with Crippen LogP contribution in [0.5, 0.6) is 0 Å². The number of H-pyrrole nitrogens is 1. The first-order valence-electron chi connectivity index (χ1n) is 9.65. The number of Topliss-reactive ketones (excluding diaryl/α,β-unsaturated/α-hetero) is 1. The van der Waals surface area contributed by atoms with Crippen LogP contribution < -0.4 is 4.90 Å². The topological polar surface area (TPSA) is 73.4 Å². The molecule has 4 rings (SSSR count). The summed E-state index contributed by atoms with van der Waals surface area (Å²) in [7, 11) is 0. The van der Waals surface area contributed by atoms with E-state index in [2.05, 4.69) is 18.8 Å². The fourth-order valence-corrected chi connectivity index (χ4v) is 3.92. The molecule has 0 fully saturated rings. The van der Waals surface area contributed by atoms with E-state index in [0.29, 0.717) is 29.3 Å². The lowest BCUT2D eigenvalue weighted by atomic mass is 9.88. The van der Waals surface area contributed by atoms with Crippen LogP contribution in [0.2, 0.25) is 0 Å². The van der Waals surface area contributed by atoms with Gasteiger partial charge in [-0.2, -0.15) is 0 Å². The Morgan fingerprint density at radius 3 is 2.64 bits per heavy atom. The fraction of sp³-hybridized carbons (Fsp3) is 0.304. The molecule has 2 heterocycles. The quantitative estimate of drug-likeness (QED) is 0.638. The number of nitrogens with one attached hydrogen (secondary N) is 1. The van der Waals surface area contributed by atoms with Gasteiger partial charge in [0.1, 0.15) is 0 Å². The summed E-state index contributed by atoms with van der Waals surface area (Å²) in [6.45, 7) is 4.72. The van der Waals surface area contributed by atoms with Gasteiger partial charge >= 0.3 is 0 Å². The number of hydrogen-bond donors (Lipinski definition) is 2. The SMILES string of the molecule is CC(C)CCN1C(=O)C(O)(CC(=O)c2c[nH]c3ccccc23)c2ccccc21. The van der Waals surface area contributed by atoms with E-state index in [0.717, 1.165) is 17.3 Å². The molecule has 0 spiro atoms. The van der Waals surface area contributed by atoms with Crippen molar-refractivity contribution >= 4 is 28.3 Å². The molecule has 5 heteroatoms. The second kappa shape index (κ2) is 6.91. The molecule has 0 radical (unpaired) electrons. The van der Waals surface area contributed by atoms with E-state index in [1.54, 1.807) is 23.2 Å². The molecule has 5 nitrogen and oxygen atoms in total. The van der Waals surface area contributed by atoms with Gasteiger partial charge in [-0.15, -0.1) is 0 Å². The predicted octanol–water partition coefficient (Wildman–Crippen LogP) is 4.02. The smallest absolute Gasteiger partial charge is 0.264 e. The molecule has 0 saturated carbocycles. The Morgan fingerprint density at radius 2 is 1.86 bits per heavy atom. The summed E-state index contributed by atoms with van der Waals surface area (Å²) in [4.78, 5) is 30.9. The van der Waals surface area contributed by atoms with Gasteiger partial charge in [0, 0.05) is 34.8 Å². The van der Waals surface area contributed by atoms with Crippen LogP contribution in [0.25, 0.3) is 10.9 Å². The van der Waals surface area contributed by atoms with Crippen LogP contribution in [0.15, 0.2) is 54.7 Å². The summed E-state index contributed by atoms with van der Waals surface area (Å²) in [5.74, 6) is -0.238. The Balaban J connectivity index is 1.68. The molecule has 1 atom stereocenters. The van der Waals surface area contributed by atoms with Crippen LogP contribution in [-0.4, -0.2) is 28.3 Å². The lowest BCUT2D eigenvalue weighted by Crippen LogP contribution is -2.42. The first kappa shape index (κ1) is 18.4. The highest BCUT2D eigenvalue weighted by Crippen LogP contribution is 2.43. The number of amides is 1. The normalized spacial score (nSPS) is 18.9. The highest BCUT2D eigenvalue weighted by atomic mass is 16.3. The number of aromatic amines is 1. The zero-order chi connectivity index (χ0) is 19.9. The van der Waals surface area contributed by atoms with Gasteiger partial charge in [0.25, 0.3) is 5.91 Å². The van der Waals surface area contributed by atoms with Crippen molar-refractivity contribution in [2.24, 2.45) is 5.92 Å². The van der Waals surface area contributed by atoms with Crippen LogP contribution in [0.1, 0.15) is 42.6 Å². The maximum Gasteiger partial charge on any atom is 0.264 e. The van der Waals surface area contributed by atoms with Gasteiger partial charge in [0.2, 0.25) is 0 Å². The van der Waals surface area contributed by atoms with Crippen molar-refractivity contribution in [1.82, 2.24) is 4.98 Å². The van der Waals surface area contributed by atoms with Crippen molar-refractivity contribution in [2.75, 3.05) is 11.4 Å². The zero-order valence-electron chi connectivity index (χ0n) is 16.1. The van der Waals surface area contributed by atoms with Gasteiger partial charge < -0.3 is 15.0 Å². The second-order valence-corrected chi connectivity index (χ2v) is 7.86. The van der Waals surface area contributed by atoms with E-state index in [4.69, 9.17) is 0 Å². The molecular formula is C23H24N2O3. The summed E-state index contributed by atoms with van der Waals surface area (Å²) in [5.41, 5.74) is 0.729. The van der Waals surface area contributed by atoms with E-state index in [1.807, 2.05) is 36.4 Å². The van der Waals surface area contributed by atoms with Gasteiger partial charge in [-0.1, -0.05) is 50.2 Å². The minimum absolute atomic E-state index is 0.256. The van der Waals surface area contributed by atoms with Crippen LogP contribution >= 0.6 is 0 Å². The average Bonchev–Trinajstić information content (AvgIpc) is 3.19. The number of para-hydroxylation sites is 2. The number of hydrogen-bond acceptors (Lipinski definition) is 3. The van der Waals surface area contributed by atoms with Crippen molar-refractivity contribution in [3.63, 3.8) is 0 Å². The predicted molar refractivity (Wildman–Crippen MR) is 109 cm³/mol. The molecule has 144 valence electrons. The van der Waals surface area contributed by atoms with Crippen molar-refractivity contribution in [2.45, 2.75) is 32.3 Å². The van der Waals surface area contributed by atoms with Crippen molar-refractivity contribution < 1.29 is 14.7 Å². The first-order chi connectivity index (χ1) is 13.4. The third kappa shape index (κ3) is 2.92. The van der Waals surface area contributed by atoms with E-state index in [-0.39, 0.29) is 12.2 Å². The van der Waals surface area contributed by atoms with E-state index >= 15 is 0 Å². The van der Waals surface area contributed by atoms with E-state index < -0.39 is 11.5 Å². The number of benzene rings is 2. The third-order valence-corrected chi connectivity index (χ3v) is 5.48. The van der Waals surface area contributed by atoms with Crippen molar-refractivity contribution in [3.8, 4) is 0 Å². The number of nitrogens with zero attached hydrogens (tertiary/aromatic N) is 1. The Kier molecular flexibility index (Phi) is 4.55. The molecular weight excluding hydrogens is 352 g/mol. The molecule has 1 aromatic heterocycles. The molecule has 2 aromatic carbocycles. The van der Waals surface area contributed by atoms with Gasteiger partial charge in [-0.25, -0.2) is 0 Å². The lowest BCUT2D eigenvalue weighted by molar-refractivity contribution is -0.135. The molecule has 0 bridgehead atoms. The standard InChI is InChI=1S/C23H24N2O3/c1-15(2)11-12-25-20-10-6-4-8-18(20)23(28,22(25)27)13-21(26)17-14-24-19-9-5-3-7-16(17)19/h3-10,14-15,24,28H,11-13H2,1-2H3. The number of anilines is 1. The Morgan fingerprint density at radius 1 is 1.14 bits per heavy atom. The van der Waals surface area contributed by atoms with Gasteiger partial charge in [-0.05, 0) is 24.5 Å². The molecule has 1 aliphatic heterocycles. The van der Waals surface area contributed by atoms with Crippen LogP contribution in [0, 0.1) is 5.92 Å². The first-order valence-corrected chi connectivity index (χ1v) is 9.65. The molecule has 3 aromatic rings.